The van der Waals surface area contributed by atoms with Crippen LogP contribution in [0.2, 0.25) is 0 Å². The molecule has 4 N–H and O–H groups in total. The third kappa shape index (κ3) is 4.93. The van der Waals surface area contributed by atoms with Crippen molar-refractivity contribution < 1.29 is 26.4 Å². The molecule has 0 radical (unpaired) electrons. The van der Waals surface area contributed by atoms with Crippen LogP contribution in [0, 0.1) is 6.92 Å². The van der Waals surface area contributed by atoms with Crippen molar-refractivity contribution >= 4 is 31.6 Å². The Balaban J connectivity index is 1.91. The SMILES string of the molecule is COc1ccc(C(=O)Nc2ccc(C)c(S(N)(=O)=O)c2)cc1S(=O)(=O)NC1CC1. The average Bonchev–Trinajstić information content (AvgIpc) is 3.45. The highest BCUT2D eigenvalue weighted by Gasteiger charge is 2.30. The molecule has 0 saturated heterocycles. The van der Waals surface area contributed by atoms with Crippen LogP contribution in [0.1, 0.15) is 28.8 Å². The minimum absolute atomic E-state index is 0.0692. The number of amides is 1. The standard InChI is InChI=1S/C18H21N3O6S2/c1-11-3-5-14(10-16(11)28(19,23)24)20-18(22)12-4-8-15(27-2)17(9-12)29(25,26)21-13-6-7-13/h3-5,8-10,13,21H,6-7H2,1-2H3,(H,20,22)(H2,19,23,24). The lowest BCUT2D eigenvalue weighted by molar-refractivity contribution is 0.102. The molecule has 0 bridgehead atoms. The molecule has 2 aromatic carbocycles. The first kappa shape index (κ1) is 21.2. The molecule has 0 spiro atoms. The zero-order chi connectivity index (χ0) is 21.4. The second-order valence-corrected chi connectivity index (χ2v) is 9.95. The van der Waals surface area contributed by atoms with Crippen LogP contribution in [0.4, 0.5) is 5.69 Å². The lowest BCUT2D eigenvalue weighted by Gasteiger charge is -2.13. The molecule has 1 aliphatic carbocycles. The Kier molecular flexibility index (Phi) is 5.68. The van der Waals surface area contributed by atoms with Gasteiger partial charge in [0.25, 0.3) is 5.91 Å². The Hall–Kier alpha value is -2.47. The minimum atomic E-state index is -3.95. The van der Waals surface area contributed by atoms with Crippen LogP contribution in [0.25, 0.3) is 0 Å². The minimum Gasteiger partial charge on any atom is -0.495 e. The summed E-state index contributed by atoms with van der Waals surface area (Å²) < 4.78 is 56.2. The molecule has 9 nitrogen and oxygen atoms in total. The average molecular weight is 440 g/mol. The van der Waals surface area contributed by atoms with Crippen molar-refractivity contribution in [2.75, 3.05) is 12.4 Å². The van der Waals surface area contributed by atoms with E-state index in [0.29, 0.717) is 5.56 Å². The summed E-state index contributed by atoms with van der Waals surface area (Å²) in [5.41, 5.74) is 0.718. The number of methoxy groups -OCH3 is 1. The lowest BCUT2D eigenvalue weighted by atomic mass is 10.2. The summed E-state index contributed by atoms with van der Waals surface area (Å²) in [5.74, 6) is -0.499. The summed E-state index contributed by atoms with van der Waals surface area (Å²) in [6.07, 6.45) is 1.53. The Morgan fingerprint density at radius 3 is 2.34 bits per heavy atom. The van der Waals surface area contributed by atoms with Crippen molar-refractivity contribution in [2.45, 2.75) is 35.6 Å². The van der Waals surface area contributed by atoms with Gasteiger partial charge in [0, 0.05) is 17.3 Å². The summed E-state index contributed by atoms with van der Waals surface area (Å²) in [6.45, 7) is 1.58. The number of carbonyl (C=O) groups is 1. The Bertz CT molecular complexity index is 1170. The van der Waals surface area contributed by atoms with E-state index in [0.717, 1.165) is 12.8 Å². The summed E-state index contributed by atoms with van der Waals surface area (Å²) in [7, 11) is -6.46. The summed E-state index contributed by atoms with van der Waals surface area (Å²) in [5, 5.41) is 7.74. The van der Waals surface area contributed by atoms with Gasteiger partial charge in [-0.05, 0) is 55.7 Å². The number of carbonyl (C=O) groups excluding carboxylic acids is 1. The molecule has 0 atom stereocenters. The van der Waals surface area contributed by atoms with Crippen LogP contribution in [-0.4, -0.2) is 35.9 Å². The van der Waals surface area contributed by atoms with Crippen LogP contribution < -0.4 is 19.9 Å². The fourth-order valence-electron chi connectivity index (χ4n) is 2.70. The predicted octanol–water partition coefficient (Wildman–Crippen LogP) is 1.34. The molecule has 1 fully saturated rings. The van der Waals surface area contributed by atoms with Gasteiger partial charge in [-0.15, -0.1) is 0 Å². The molecule has 1 aliphatic rings. The van der Waals surface area contributed by atoms with Gasteiger partial charge >= 0.3 is 0 Å². The second kappa shape index (κ2) is 7.75. The number of ether oxygens (including phenoxy) is 1. The molecule has 0 aromatic heterocycles. The van der Waals surface area contributed by atoms with E-state index >= 15 is 0 Å². The molecule has 1 amide bonds. The number of nitrogens with two attached hydrogens (primary N) is 1. The van der Waals surface area contributed by atoms with E-state index in [9.17, 15) is 21.6 Å². The second-order valence-electron chi connectivity index (χ2n) is 6.74. The summed E-state index contributed by atoms with van der Waals surface area (Å²) in [4.78, 5) is 12.4. The Morgan fingerprint density at radius 2 is 1.76 bits per heavy atom. The molecule has 1 saturated carbocycles. The van der Waals surface area contributed by atoms with Crippen LogP contribution in [0.3, 0.4) is 0 Å². The summed E-state index contributed by atoms with van der Waals surface area (Å²) in [6, 6.07) is 8.20. The van der Waals surface area contributed by atoms with Crippen molar-refractivity contribution in [3.8, 4) is 5.75 Å². The monoisotopic (exact) mass is 439 g/mol. The molecule has 11 heteroatoms. The molecule has 0 heterocycles. The van der Waals surface area contributed by atoms with E-state index < -0.39 is 26.0 Å². The molecular formula is C18H21N3O6S2. The van der Waals surface area contributed by atoms with E-state index in [-0.39, 0.29) is 32.8 Å². The van der Waals surface area contributed by atoms with Crippen molar-refractivity contribution in [1.82, 2.24) is 4.72 Å². The molecule has 29 heavy (non-hydrogen) atoms. The zero-order valence-electron chi connectivity index (χ0n) is 15.8. The Morgan fingerprint density at radius 1 is 1.07 bits per heavy atom. The van der Waals surface area contributed by atoms with Crippen LogP contribution in [0.5, 0.6) is 5.75 Å². The highest BCUT2D eigenvalue weighted by Crippen LogP contribution is 2.29. The molecule has 2 aromatic rings. The van der Waals surface area contributed by atoms with Gasteiger partial charge in [-0.1, -0.05) is 6.07 Å². The number of hydrogen-bond donors (Lipinski definition) is 3. The van der Waals surface area contributed by atoms with E-state index in [1.54, 1.807) is 6.92 Å². The zero-order valence-corrected chi connectivity index (χ0v) is 17.4. The first-order chi connectivity index (χ1) is 13.5. The van der Waals surface area contributed by atoms with Gasteiger partial charge in [-0.2, -0.15) is 0 Å². The van der Waals surface area contributed by atoms with Crippen LogP contribution in [-0.2, 0) is 20.0 Å². The van der Waals surface area contributed by atoms with Crippen molar-refractivity contribution in [1.29, 1.82) is 0 Å². The topological polar surface area (TPSA) is 145 Å². The highest BCUT2D eigenvalue weighted by molar-refractivity contribution is 7.89. The van der Waals surface area contributed by atoms with E-state index in [2.05, 4.69) is 10.0 Å². The number of primary sulfonamides is 1. The smallest absolute Gasteiger partial charge is 0.255 e. The van der Waals surface area contributed by atoms with Gasteiger partial charge in [-0.25, -0.2) is 26.7 Å². The van der Waals surface area contributed by atoms with Crippen molar-refractivity contribution in [3.05, 3.63) is 47.5 Å². The molecule has 3 rings (SSSR count). The number of benzene rings is 2. The molecule has 0 unspecified atom stereocenters. The first-order valence-corrected chi connectivity index (χ1v) is 11.7. The maximum Gasteiger partial charge on any atom is 0.255 e. The number of rotatable bonds is 7. The van der Waals surface area contributed by atoms with E-state index in [1.807, 2.05) is 0 Å². The number of aryl methyl sites for hydroxylation is 1. The van der Waals surface area contributed by atoms with Crippen LogP contribution in [0.15, 0.2) is 46.2 Å². The van der Waals surface area contributed by atoms with Crippen molar-refractivity contribution in [2.24, 2.45) is 5.14 Å². The van der Waals surface area contributed by atoms with Gasteiger partial charge in [0.05, 0.1) is 12.0 Å². The first-order valence-electron chi connectivity index (χ1n) is 8.66. The highest BCUT2D eigenvalue weighted by atomic mass is 32.2. The van der Waals surface area contributed by atoms with Gasteiger partial charge in [0.15, 0.2) is 0 Å². The number of hydrogen-bond acceptors (Lipinski definition) is 6. The maximum atomic E-state index is 12.6. The van der Waals surface area contributed by atoms with E-state index in [4.69, 9.17) is 9.88 Å². The quantitative estimate of drug-likeness (QED) is 0.594. The Labute approximate surface area is 169 Å². The maximum absolute atomic E-state index is 12.6. The largest absolute Gasteiger partial charge is 0.495 e. The molecular weight excluding hydrogens is 418 g/mol. The third-order valence-corrected chi connectivity index (χ3v) is 6.96. The van der Waals surface area contributed by atoms with Crippen LogP contribution >= 0.6 is 0 Å². The van der Waals surface area contributed by atoms with Gasteiger partial charge in [0.1, 0.15) is 10.6 Å². The number of anilines is 1. The third-order valence-electron chi connectivity index (χ3n) is 4.37. The predicted molar refractivity (Wildman–Crippen MR) is 107 cm³/mol. The fourth-order valence-corrected chi connectivity index (χ4v) is 5.01. The lowest BCUT2D eigenvalue weighted by Crippen LogP contribution is -2.26. The summed E-state index contributed by atoms with van der Waals surface area (Å²) >= 11 is 0. The number of sulfonamides is 2. The molecule has 156 valence electrons. The fraction of sp³-hybridized carbons (Fsp3) is 0.278. The van der Waals surface area contributed by atoms with Crippen molar-refractivity contribution in [3.63, 3.8) is 0 Å². The van der Waals surface area contributed by atoms with E-state index in [1.165, 1.54) is 43.5 Å². The van der Waals surface area contributed by atoms with Gasteiger partial charge in [0.2, 0.25) is 20.0 Å². The van der Waals surface area contributed by atoms with Gasteiger partial charge in [-0.3, -0.25) is 4.79 Å². The normalized spacial score (nSPS) is 14.4. The molecule has 0 aliphatic heterocycles. The van der Waals surface area contributed by atoms with Gasteiger partial charge < -0.3 is 10.1 Å². The number of nitrogens with one attached hydrogen (secondary N) is 2.